The molecule has 2 atom stereocenters. The van der Waals surface area contributed by atoms with Gasteiger partial charge in [0.1, 0.15) is 6.04 Å². The number of carboxylic acid groups (broad SMARTS) is 1. The number of hydrogen-bond acceptors (Lipinski definition) is 3. The first-order valence-corrected chi connectivity index (χ1v) is 4.81. The molecule has 0 aromatic rings. The quantitative estimate of drug-likeness (QED) is 0.569. The van der Waals surface area contributed by atoms with E-state index in [1.54, 1.807) is 6.92 Å². The molecular formula is C9H18N2O3. The van der Waals surface area contributed by atoms with Gasteiger partial charge in [-0.2, -0.15) is 0 Å². The van der Waals surface area contributed by atoms with Crippen molar-refractivity contribution in [3.63, 3.8) is 0 Å². The lowest BCUT2D eigenvalue weighted by atomic mass is 10.1. The van der Waals surface area contributed by atoms with E-state index >= 15 is 0 Å². The van der Waals surface area contributed by atoms with Gasteiger partial charge in [-0.15, -0.1) is 0 Å². The highest BCUT2D eigenvalue weighted by atomic mass is 16.4. The van der Waals surface area contributed by atoms with E-state index < -0.39 is 24.0 Å². The minimum atomic E-state index is -1.01. The Morgan fingerprint density at radius 1 is 1.43 bits per heavy atom. The predicted octanol–water partition coefficient (Wildman–Crippen LogP) is 0.0932. The van der Waals surface area contributed by atoms with Crippen molar-refractivity contribution in [1.82, 2.24) is 5.32 Å². The maximum absolute atomic E-state index is 11.3. The van der Waals surface area contributed by atoms with Gasteiger partial charge in [0.05, 0.1) is 6.04 Å². The van der Waals surface area contributed by atoms with Crippen molar-refractivity contribution < 1.29 is 14.7 Å². The second-order valence-corrected chi connectivity index (χ2v) is 3.20. The Labute approximate surface area is 83.7 Å². The second kappa shape index (κ2) is 6.37. The average molecular weight is 202 g/mol. The number of carbonyl (C=O) groups is 2. The summed E-state index contributed by atoms with van der Waals surface area (Å²) in [4.78, 5) is 21.9. The van der Waals surface area contributed by atoms with E-state index in [0.717, 1.165) is 0 Å². The van der Waals surface area contributed by atoms with Crippen LogP contribution in [0.2, 0.25) is 0 Å². The Morgan fingerprint density at radius 3 is 2.36 bits per heavy atom. The topological polar surface area (TPSA) is 92.4 Å². The number of nitrogens with two attached hydrogens (primary N) is 1. The number of amides is 1. The summed E-state index contributed by atoms with van der Waals surface area (Å²) in [5.41, 5.74) is 5.46. The first kappa shape index (κ1) is 12.9. The van der Waals surface area contributed by atoms with Crippen LogP contribution >= 0.6 is 0 Å². The molecule has 14 heavy (non-hydrogen) atoms. The standard InChI is InChI=1S/C9H18N2O3/c1-3-5-7(9(13)14)11-8(12)6(10)4-2/h6-7H,3-5,10H2,1-2H3,(H,11,12)(H,13,14)/t6-,7-/m0/s1. The fourth-order valence-corrected chi connectivity index (χ4v) is 1.01. The second-order valence-electron chi connectivity index (χ2n) is 3.20. The van der Waals surface area contributed by atoms with Crippen LogP contribution in [-0.4, -0.2) is 29.1 Å². The van der Waals surface area contributed by atoms with Crippen LogP contribution in [0.1, 0.15) is 33.1 Å². The highest BCUT2D eigenvalue weighted by Gasteiger charge is 2.21. The van der Waals surface area contributed by atoms with Crippen LogP contribution < -0.4 is 11.1 Å². The number of carboxylic acids is 1. The number of carbonyl (C=O) groups excluding carboxylic acids is 1. The number of nitrogens with one attached hydrogen (secondary N) is 1. The van der Waals surface area contributed by atoms with Gasteiger partial charge in [-0.25, -0.2) is 4.79 Å². The summed E-state index contributed by atoms with van der Waals surface area (Å²) in [6.07, 6.45) is 1.64. The van der Waals surface area contributed by atoms with Gasteiger partial charge in [-0.05, 0) is 12.8 Å². The molecule has 0 fully saturated rings. The summed E-state index contributed by atoms with van der Waals surface area (Å²) >= 11 is 0. The molecule has 0 saturated carbocycles. The van der Waals surface area contributed by atoms with E-state index in [9.17, 15) is 9.59 Å². The molecule has 1 amide bonds. The van der Waals surface area contributed by atoms with Gasteiger partial charge in [0.15, 0.2) is 0 Å². The van der Waals surface area contributed by atoms with Gasteiger partial charge in [-0.3, -0.25) is 4.79 Å². The summed E-state index contributed by atoms with van der Waals surface area (Å²) in [6, 6.07) is -1.43. The van der Waals surface area contributed by atoms with Crippen LogP contribution in [0.3, 0.4) is 0 Å². The van der Waals surface area contributed by atoms with Gasteiger partial charge in [0.25, 0.3) is 0 Å². The third kappa shape index (κ3) is 4.23. The van der Waals surface area contributed by atoms with Crippen molar-refractivity contribution >= 4 is 11.9 Å². The van der Waals surface area contributed by atoms with Crippen LogP contribution in [0.25, 0.3) is 0 Å². The minimum Gasteiger partial charge on any atom is -0.480 e. The molecule has 0 rings (SSSR count). The molecule has 0 aliphatic rings. The van der Waals surface area contributed by atoms with E-state index in [2.05, 4.69) is 5.32 Å². The Kier molecular flexibility index (Phi) is 5.87. The van der Waals surface area contributed by atoms with E-state index in [1.807, 2.05) is 6.92 Å². The highest BCUT2D eigenvalue weighted by molar-refractivity contribution is 5.86. The molecule has 0 bridgehead atoms. The number of aliphatic carboxylic acids is 1. The zero-order chi connectivity index (χ0) is 11.1. The minimum absolute atomic E-state index is 0.395. The lowest BCUT2D eigenvalue weighted by molar-refractivity contribution is -0.142. The van der Waals surface area contributed by atoms with Crippen LogP contribution in [-0.2, 0) is 9.59 Å². The third-order valence-corrected chi connectivity index (χ3v) is 1.97. The van der Waals surface area contributed by atoms with Crippen molar-refractivity contribution in [3.05, 3.63) is 0 Å². The smallest absolute Gasteiger partial charge is 0.326 e. The summed E-state index contributed by atoms with van der Waals surface area (Å²) in [6.45, 7) is 3.64. The Morgan fingerprint density at radius 2 is 2.00 bits per heavy atom. The molecule has 4 N–H and O–H groups in total. The number of rotatable bonds is 6. The zero-order valence-corrected chi connectivity index (χ0v) is 8.62. The molecule has 5 nitrogen and oxygen atoms in total. The van der Waals surface area contributed by atoms with Crippen LogP contribution in [0.4, 0.5) is 0 Å². The fourth-order valence-electron chi connectivity index (χ4n) is 1.01. The largest absolute Gasteiger partial charge is 0.480 e. The molecule has 0 heterocycles. The number of hydrogen-bond donors (Lipinski definition) is 3. The summed E-state index contributed by atoms with van der Waals surface area (Å²) in [7, 11) is 0. The Balaban J connectivity index is 4.15. The molecule has 0 aromatic carbocycles. The van der Waals surface area contributed by atoms with Gasteiger partial charge in [-0.1, -0.05) is 20.3 Å². The highest BCUT2D eigenvalue weighted by Crippen LogP contribution is 1.98. The van der Waals surface area contributed by atoms with E-state index in [1.165, 1.54) is 0 Å². The van der Waals surface area contributed by atoms with Gasteiger partial charge < -0.3 is 16.2 Å². The summed E-state index contributed by atoms with van der Waals surface area (Å²) in [5, 5.41) is 11.2. The monoisotopic (exact) mass is 202 g/mol. The molecule has 0 aromatic heterocycles. The SMILES string of the molecule is CCC[C@H](NC(=O)[C@@H](N)CC)C(=O)O. The van der Waals surface area contributed by atoms with Crippen LogP contribution in [0.5, 0.6) is 0 Å². The van der Waals surface area contributed by atoms with Crippen molar-refractivity contribution in [2.45, 2.75) is 45.2 Å². The molecule has 0 spiro atoms. The van der Waals surface area contributed by atoms with Crippen molar-refractivity contribution in [2.75, 3.05) is 0 Å². The van der Waals surface area contributed by atoms with Gasteiger partial charge in [0, 0.05) is 0 Å². The molecule has 0 unspecified atom stereocenters. The van der Waals surface area contributed by atoms with Crippen LogP contribution in [0, 0.1) is 0 Å². The maximum atomic E-state index is 11.3. The van der Waals surface area contributed by atoms with Crippen molar-refractivity contribution in [1.29, 1.82) is 0 Å². The van der Waals surface area contributed by atoms with Crippen molar-refractivity contribution in [2.24, 2.45) is 5.73 Å². The lowest BCUT2D eigenvalue weighted by Crippen LogP contribution is -2.48. The van der Waals surface area contributed by atoms with E-state index in [-0.39, 0.29) is 0 Å². The fraction of sp³-hybridized carbons (Fsp3) is 0.778. The summed E-state index contributed by atoms with van der Waals surface area (Å²) in [5.74, 6) is -1.41. The van der Waals surface area contributed by atoms with E-state index in [0.29, 0.717) is 19.3 Å². The predicted molar refractivity (Wildman–Crippen MR) is 52.7 cm³/mol. The zero-order valence-electron chi connectivity index (χ0n) is 8.62. The molecular weight excluding hydrogens is 184 g/mol. The summed E-state index contributed by atoms with van der Waals surface area (Å²) < 4.78 is 0. The lowest BCUT2D eigenvalue weighted by Gasteiger charge is -2.16. The van der Waals surface area contributed by atoms with Crippen LogP contribution in [0.15, 0.2) is 0 Å². The molecule has 5 heteroatoms. The molecule has 82 valence electrons. The molecule has 0 aliphatic heterocycles. The van der Waals surface area contributed by atoms with Gasteiger partial charge >= 0.3 is 5.97 Å². The Bertz CT molecular complexity index is 206. The maximum Gasteiger partial charge on any atom is 0.326 e. The first-order valence-electron chi connectivity index (χ1n) is 4.81. The van der Waals surface area contributed by atoms with Gasteiger partial charge in [0.2, 0.25) is 5.91 Å². The first-order chi connectivity index (χ1) is 6.52. The third-order valence-electron chi connectivity index (χ3n) is 1.97. The average Bonchev–Trinajstić information content (AvgIpc) is 2.15. The Hall–Kier alpha value is -1.10. The molecule has 0 saturated heterocycles. The van der Waals surface area contributed by atoms with Crippen molar-refractivity contribution in [3.8, 4) is 0 Å². The molecule has 0 aliphatic carbocycles. The molecule has 0 radical (unpaired) electrons. The van der Waals surface area contributed by atoms with E-state index in [4.69, 9.17) is 10.8 Å². The normalized spacial score (nSPS) is 14.5.